The second-order valence-corrected chi connectivity index (χ2v) is 5.90. The van der Waals surface area contributed by atoms with Crippen LogP contribution in [-0.2, 0) is 0 Å². The molecule has 2 aromatic heterocycles. The van der Waals surface area contributed by atoms with E-state index in [1.54, 1.807) is 0 Å². The number of nitrogens with zero attached hydrogens (tertiary/aromatic N) is 3. The molecule has 0 amide bonds. The highest BCUT2D eigenvalue weighted by atomic mass is 35.5. The maximum atomic E-state index is 6.33. The van der Waals surface area contributed by atoms with E-state index in [0.29, 0.717) is 16.6 Å². The van der Waals surface area contributed by atoms with Gasteiger partial charge in [-0.2, -0.15) is 0 Å². The number of hydrogen-bond donors (Lipinski definition) is 1. The Bertz CT molecular complexity index is 1010. The lowest BCUT2D eigenvalue weighted by Crippen LogP contribution is -2.10. The van der Waals surface area contributed by atoms with Crippen LogP contribution in [-0.4, -0.2) is 14.5 Å². The average Bonchev–Trinajstić information content (AvgIpc) is 2.93. The van der Waals surface area contributed by atoms with E-state index in [2.05, 4.69) is 29.0 Å². The third-order valence-electron chi connectivity index (χ3n) is 4.18. The fourth-order valence-electron chi connectivity index (χ4n) is 3.05. The minimum absolute atomic E-state index is 0.0445. The number of para-hydroxylation sites is 1. The van der Waals surface area contributed by atoms with Gasteiger partial charge in [-0.1, -0.05) is 60.1 Å². The number of pyridine rings is 1. The van der Waals surface area contributed by atoms with Gasteiger partial charge in [-0.15, -0.1) is 0 Å². The van der Waals surface area contributed by atoms with Crippen molar-refractivity contribution in [3.05, 3.63) is 65.3 Å². The molecule has 0 unspecified atom stereocenters. The second-order valence-electron chi connectivity index (χ2n) is 5.54. The van der Waals surface area contributed by atoms with Gasteiger partial charge in [0, 0.05) is 5.39 Å². The summed E-state index contributed by atoms with van der Waals surface area (Å²) < 4.78 is 2.03. The van der Waals surface area contributed by atoms with E-state index in [1.807, 2.05) is 47.0 Å². The summed E-state index contributed by atoms with van der Waals surface area (Å²) in [5.41, 5.74) is 9.79. The van der Waals surface area contributed by atoms with E-state index in [-0.39, 0.29) is 6.04 Å². The van der Waals surface area contributed by atoms with Crippen LogP contribution in [0.3, 0.4) is 0 Å². The molecule has 0 saturated carbocycles. The summed E-state index contributed by atoms with van der Waals surface area (Å²) in [4.78, 5) is 8.88. The number of halogens is 1. The van der Waals surface area contributed by atoms with Crippen LogP contribution < -0.4 is 5.73 Å². The SMILES string of the molecule is C[C@H](c1ccccc1)n1c(N)nc2c(Cl)nc3ccccc3c21. The number of imidazole rings is 1. The zero-order chi connectivity index (χ0) is 16.0. The van der Waals surface area contributed by atoms with E-state index >= 15 is 0 Å². The summed E-state index contributed by atoms with van der Waals surface area (Å²) in [6.07, 6.45) is 0. The summed E-state index contributed by atoms with van der Waals surface area (Å²) in [6.45, 7) is 2.11. The van der Waals surface area contributed by atoms with Crippen LogP contribution >= 0.6 is 11.6 Å². The van der Waals surface area contributed by atoms with Gasteiger partial charge in [-0.05, 0) is 18.6 Å². The first-order valence-corrected chi connectivity index (χ1v) is 7.81. The Balaban J connectivity index is 2.09. The number of nitrogen functional groups attached to an aromatic ring is 1. The van der Waals surface area contributed by atoms with Crippen LogP contribution in [0.4, 0.5) is 5.95 Å². The van der Waals surface area contributed by atoms with Gasteiger partial charge < -0.3 is 10.3 Å². The molecule has 2 aromatic carbocycles. The maximum Gasteiger partial charge on any atom is 0.201 e. The lowest BCUT2D eigenvalue weighted by atomic mass is 10.1. The van der Waals surface area contributed by atoms with Crippen LogP contribution in [0.15, 0.2) is 54.6 Å². The van der Waals surface area contributed by atoms with Crippen molar-refractivity contribution >= 4 is 39.5 Å². The molecule has 0 fully saturated rings. The van der Waals surface area contributed by atoms with Crippen molar-refractivity contribution in [3.8, 4) is 0 Å². The predicted octanol–water partition coefficient (Wildman–Crippen LogP) is 4.43. The number of rotatable bonds is 2. The van der Waals surface area contributed by atoms with Crippen LogP contribution in [0.25, 0.3) is 21.9 Å². The summed E-state index contributed by atoms with van der Waals surface area (Å²) in [7, 11) is 0. The van der Waals surface area contributed by atoms with Crippen molar-refractivity contribution < 1.29 is 0 Å². The number of benzene rings is 2. The zero-order valence-electron chi connectivity index (χ0n) is 12.6. The molecular formula is C18H15ClN4. The van der Waals surface area contributed by atoms with Gasteiger partial charge in [0.15, 0.2) is 5.15 Å². The van der Waals surface area contributed by atoms with E-state index < -0.39 is 0 Å². The van der Waals surface area contributed by atoms with Crippen molar-refractivity contribution in [1.82, 2.24) is 14.5 Å². The molecular weight excluding hydrogens is 308 g/mol. The van der Waals surface area contributed by atoms with Crippen LogP contribution in [0.2, 0.25) is 5.15 Å². The molecule has 0 saturated heterocycles. The molecule has 4 nitrogen and oxygen atoms in total. The second kappa shape index (κ2) is 5.25. The van der Waals surface area contributed by atoms with Gasteiger partial charge in [0.25, 0.3) is 0 Å². The average molecular weight is 323 g/mol. The van der Waals surface area contributed by atoms with Gasteiger partial charge in [-0.3, -0.25) is 0 Å². The van der Waals surface area contributed by atoms with Crippen molar-refractivity contribution in [2.45, 2.75) is 13.0 Å². The van der Waals surface area contributed by atoms with Crippen LogP contribution in [0.1, 0.15) is 18.5 Å². The first-order valence-electron chi connectivity index (χ1n) is 7.43. The van der Waals surface area contributed by atoms with Gasteiger partial charge in [-0.25, -0.2) is 9.97 Å². The van der Waals surface area contributed by atoms with Gasteiger partial charge in [0.1, 0.15) is 5.52 Å². The van der Waals surface area contributed by atoms with E-state index in [0.717, 1.165) is 22.0 Å². The topological polar surface area (TPSA) is 56.7 Å². The normalized spacial score (nSPS) is 12.8. The molecule has 4 rings (SSSR count). The summed E-state index contributed by atoms with van der Waals surface area (Å²) in [6, 6.07) is 18.2. The number of hydrogen-bond acceptors (Lipinski definition) is 3. The molecule has 0 aliphatic heterocycles. The molecule has 0 radical (unpaired) electrons. The monoisotopic (exact) mass is 322 g/mol. The highest BCUT2D eigenvalue weighted by molar-refractivity contribution is 6.35. The van der Waals surface area contributed by atoms with Gasteiger partial charge in [0.05, 0.1) is 17.1 Å². The van der Waals surface area contributed by atoms with Gasteiger partial charge in [0.2, 0.25) is 5.95 Å². The lowest BCUT2D eigenvalue weighted by molar-refractivity contribution is 0.669. The van der Waals surface area contributed by atoms with Crippen molar-refractivity contribution in [2.75, 3.05) is 5.73 Å². The molecule has 5 heteroatoms. The first kappa shape index (κ1) is 14.0. The fourth-order valence-corrected chi connectivity index (χ4v) is 3.28. The molecule has 0 aliphatic carbocycles. The number of nitrogens with two attached hydrogens (primary N) is 1. The van der Waals surface area contributed by atoms with E-state index in [9.17, 15) is 0 Å². The minimum Gasteiger partial charge on any atom is -0.369 e. The largest absolute Gasteiger partial charge is 0.369 e. The lowest BCUT2D eigenvalue weighted by Gasteiger charge is -2.17. The Labute approximate surface area is 138 Å². The summed E-state index contributed by atoms with van der Waals surface area (Å²) in [5, 5.41) is 1.38. The van der Waals surface area contributed by atoms with Crippen molar-refractivity contribution in [1.29, 1.82) is 0 Å². The van der Waals surface area contributed by atoms with E-state index in [1.165, 1.54) is 0 Å². The Morgan fingerprint density at radius 1 is 1.00 bits per heavy atom. The standard InChI is InChI=1S/C18H15ClN4/c1-11(12-7-3-2-4-8-12)23-16-13-9-5-6-10-14(13)21-17(19)15(16)22-18(23)20/h2-11H,1H3,(H2,20,22)/t11-/m1/s1. The molecule has 114 valence electrons. The Hall–Kier alpha value is -2.59. The van der Waals surface area contributed by atoms with Gasteiger partial charge >= 0.3 is 0 Å². The minimum atomic E-state index is 0.0445. The molecule has 2 N–H and O–H groups in total. The first-order chi connectivity index (χ1) is 11.2. The fraction of sp³-hybridized carbons (Fsp3) is 0.111. The maximum absolute atomic E-state index is 6.33. The third kappa shape index (κ3) is 2.14. The predicted molar refractivity (Wildman–Crippen MR) is 94.7 cm³/mol. The van der Waals surface area contributed by atoms with Crippen molar-refractivity contribution in [2.24, 2.45) is 0 Å². The molecule has 0 spiro atoms. The third-order valence-corrected chi connectivity index (χ3v) is 4.44. The molecule has 0 bridgehead atoms. The zero-order valence-corrected chi connectivity index (χ0v) is 13.3. The summed E-state index contributed by atoms with van der Waals surface area (Å²) >= 11 is 6.33. The Morgan fingerprint density at radius 2 is 1.70 bits per heavy atom. The smallest absolute Gasteiger partial charge is 0.201 e. The number of aromatic nitrogens is 3. The van der Waals surface area contributed by atoms with Crippen LogP contribution in [0.5, 0.6) is 0 Å². The Kier molecular flexibility index (Phi) is 3.20. The molecule has 2 heterocycles. The molecule has 0 aliphatic rings. The Morgan fingerprint density at radius 3 is 2.48 bits per heavy atom. The van der Waals surface area contributed by atoms with Crippen LogP contribution in [0, 0.1) is 0 Å². The molecule has 1 atom stereocenters. The molecule has 23 heavy (non-hydrogen) atoms. The summed E-state index contributed by atoms with van der Waals surface area (Å²) in [5.74, 6) is 0.441. The quantitative estimate of drug-likeness (QED) is 0.555. The van der Waals surface area contributed by atoms with E-state index in [4.69, 9.17) is 17.3 Å². The number of anilines is 1. The molecule has 4 aromatic rings. The van der Waals surface area contributed by atoms with Crippen molar-refractivity contribution in [3.63, 3.8) is 0 Å². The highest BCUT2D eigenvalue weighted by Gasteiger charge is 2.20. The number of fused-ring (bicyclic) bond motifs is 3. The highest BCUT2D eigenvalue weighted by Crippen LogP contribution is 2.34.